The number of ether oxygens (including phenoxy) is 2. The highest BCUT2D eigenvalue weighted by molar-refractivity contribution is 6.74. The molecule has 0 bridgehead atoms. The lowest BCUT2D eigenvalue weighted by Crippen LogP contribution is -2.49. The zero-order valence-electron chi connectivity index (χ0n) is 30.4. The summed E-state index contributed by atoms with van der Waals surface area (Å²) in [5, 5.41) is 17.5. The lowest BCUT2D eigenvalue weighted by Gasteiger charge is -2.36. The van der Waals surface area contributed by atoms with Gasteiger partial charge in [0.05, 0.1) is 25.4 Å². The lowest BCUT2D eigenvalue weighted by atomic mass is 9.94. The molecule has 3 atom stereocenters. The topological polar surface area (TPSA) is 115 Å². The number of hydrogen-bond donors (Lipinski definition) is 3. The number of aliphatic hydroxyl groups excluding tert-OH is 1. The number of aliphatic hydroxyl groups is 1. The van der Waals surface area contributed by atoms with E-state index in [9.17, 15) is 14.7 Å². The van der Waals surface area contributed by atoms with Crippen molar-refractivity contribution in [2.45, 2.75) is 115 Å². The number of alkyl carbamates (subject to hydrolysis) is 2. The van der Waals surface area contributed by atoms with Crippen LogP contribution < -0.4 is 10.6 Å². The van der Waals surface area contributed by atoms with Crippen molar-refractivity contribution in [3.63, 3.8) is 0 Å². The van der Waals surface area contributed by atoms with Gasteiger partial charge in [0.1, 0.15) is 13.2 Å². The third-order valence-electron chi connectivity index (χ3n) is 9.41. The molecule has 47 heavy (non-hydrogen) atoms. The first kappa shape index (κ1) is 40.5. The fourth-order valence-electron chi connectivity index (χ4n) is 4.40. The van der Waals surface area contributed by atoms with Gasteiger partial charge >= 0.3 is 12.2 Å². The van der Waals surface area contributed by atoms with Crippen LogP contribution in [0.3, 0.4) is 0 Å². The van der Waals surface area contributed by atoms with Crippen molar-refractivity contribution < 1.29 is 33.0 Å². The standard InChI is InChI=1S/C36H60N2O7Si2/c1-35(2,3)46(7,8)44-23-21-42-33(40)37-30(25-28-17-13-11-14-18-28)27-32(39)31(26-29-19-15-12-16-20-29)38-34(41)43-22-24-45-47(9,10)36(4,5)6/h11-20,30-32,39H,21-27H2,1-10H3,(H,37,40)(H,38,41)/t30-,31-,32-/m0/s1. The summed E-state index contributed by atoms with van der Waals surface area (Å²) in [6, 6.07) is 18.3. The molecule has 0 aliphatic heterocycles. The van der Waals surface area contributed by atoms with Crippen LogP contribution in [0.25, 0.3) is 0 Å². The Hall–Kier alpha value is -2.71. The van der Waals surface area contributed by atoms with Gasteiger partial charge in [0.25, 0.3) is 0 Å². The van der Waals surface area contributed by atoms with Crippen molar-refractivity contribution >= 4 is 28.8 Å². The molecule has 0 aliphatic carbocycles. The summed E-state index contributed by atoms with van der Waals surface area (Å²) in [6.07, 6.45) is -1.17. The summed E-state index contributed by atoms with van der Waals surface area (Å²) in [5.74, 6) is 0. The predicted molar refractivity (Wildman–Crippen MR) is 194 cm³/mol. The van der Waals surface area contributed by atoms with Gasteiger partial charge in [-0.25, -0.2) is 9.59 Å². The Labute approximate surface area is 285 Å². The van der Waals surface area contributed by atoms with Crippen LogP contribution in [0.4, 0.5) is 9.59 Å². The molecular formula is C36H60N2O7Si2. The van der Waals surface area contributed by atoms with Crippen molar-refractivity contribution in [1.29, 1.82) is 0 Å². The zero-order chi connectivity index (χ0) is 35.3. The second kappa shape index (κ2) is 18.2. The van der Waals surface area contributed by atoms with E-state index in [0.717, 1.165) is 11.1 Å². The Bertz CT molecular complexity index is 1220. The van der Waals surface area contributed by atoms with Crippen molar-refractivity contribution in [2.75, 3.05) is 26.4 Å². The fraction of sp³-hybridized carbons (Fsp3) is 0.611. The molecule has 11 heteroatoms. The molecular weight excluding hydrogens is 629 g/mol. The van der Waals surface area contributed by atoms with Crippen molar-refractivity contribution in [2.24, 2.45) is 0 Å². The van der Waals surface area contributed by atoms with E-state index in [2.05, 4.69) is 78.4 Å². The normalized spacial score (nSPS) is 14.5. The minimum atomic E-state index is -1.97. The van der Waals surface area contributed by atoms with Gasteiger partial charge in [-0.3, -0.25) is 0 Å². The number of benzene rings is 2. The minimum absolute atomic E-state index is 0.0510. The van der Waals surface area contributed by atoms with E-state index in [4.69, 9.17) is 18.3 Å². The first-order chi connectivity index (χ1) is 21.8. The summed E-state index contributed by atoms with van der Waals surface area (Å²) in [5.41, 5.74) is 1.95. The number of hydrogen-bond acceptors (Lipinski definition) is 7. The van der Waals surface area contributed by atoms with E-state index >= 15 is 0 Å². The summed E-state index contributed by atoms with van der Waals surface area (Å²) >= 11 is 0. The third kappa shape index (κ3) is 14.5. The second-order valence-electron chi connectivity index (χ2n) is 15.3. The van der Waals surface area contributed by atoms with Gasteiger partial charge in [0.2, 0.25) is 0 Å². The summed E-state index contributed by atoms with van der Waals surface area (Å²) < 4.78 is 23.2. The molecule has 9 nitrogen and oxygen atoms in total. The maximum absolute atomic E-state index is 12.9. The Morgan fingerprint density at radius 2 is 1.06 bits per heavy atom. The Kier molecular flexibility index (Phi) is 15.6. The monoisotopic (exact) mass is 688 g/mol. The largest absolute Gasteiger partial charge is 0.447 e. The number of rotatable bonds is 17. The zero-order valence-corrected chi connectivity index (χ0v) is 32.4. The first-order valence-electron chi connectivity index (χ1n) is 16.7. The smallest absolute Gasteiger partial charge is 0.407 e. The van der Waals surface area contributed by atoms with Crippen LogP contribution in [0.15, 0.2) is 60.7 Å². The quantitative estimate of drug-likeness (QED) is 0.117. The summed E-state index contributed by atoms with van der Waals surface area (Å²) in [6.45, 7) is 22.4. The van der Waals surface area contributed by atoms with Crippen LogP contribution >= 0.6 is 0 Å². The predicted octanol–water partition coefficient (Wildman–Crippen LogP) is 7.46. The van der Waals surface area contributed by atoms with Gasteiger partial charge in [-0.2, -0.15) is 0 Å². The molecule has 264 valence electrons. The summed E-state index contributed by atoms with van der Waals surface area (Å²) in [7, 11) is -3.93. The fourth-order valence-corrected chi connectivity index (χ4v) is 6.45. The van der Waals surface area contributed by atoms with Crippen LogP contribution in [-0.4, -0.2) is 78.5 Å². The van der Waals surface area contributed by atoms with Crippen molar-refractivity contribution in [3.8, 4) is 0 Å². The highest BCUT2D eigenvalue weighted by Gasteiger charge is 2.38. The number of carbonyl (C=O) groups is 2. The van der Waals surface area contributed by atoms with Gasteiger partial charge in [-0.05, 0) is 66.7 Å². The van der Waals surface area contributed by atoms with Gasteiger partial charge in [0, 0.05) is 6.04 Å². The first-order valence-corrected chi connectivity index (χ1v) is 22.5. The van der Waals surface area contributed by atoms with E-state index in [1.807, 2.05) is 60.7 Å². The minimum Gasteiger partial charge on any atom is -0.447 e. The molecule has 0 saturated heterocycles. The van der Waals surface area contributed by atoms with E-state index in [1.54, 1.807) is 0 Å². The van der Waals surface area contributed by atoms with Gasteiger partial charge < -0.3 is 34.1 Å². The van der Waals surface area contributed by atoms with Gasteiger partial charge in [-0.15, -0.1) is 0 Å². The molecule has 2 rings (SSSR count). The molecule has 0 radical (unpaired) electrons. The number of amides is 2. The van der Waals surface area contributed by atoms with E-state index < -0.39 is 47.0 Å². The second-order valence-corrected chi connectivity index (χ2v) is 24.9. The molecule has 2 aromatic rings. The molecule has 0 saturated carbocycles. The molecule has 0 heterocycles. The number of nitrogens with one attached hydrogen (secondary N) is 2. The highest BCUT2D eigenvalue weighted by Crippen LogP contribution is 2.37. The molecule has 0 fully saturated rings. The molecule has 2 amide bonds. The Morgan fingerprint density at radius 3 is 1.49 bits per heavy atom. The molecule has 3 N–H and O–H groups in total. The average molecular weight is 689 g/mol. The SMILES string of the molecule is CC(C)(C)[Si](C)(C)OCCOC(=O)N[C@@H](Cc1ccccc1)C[C@H](O)[C@H](Cc1ccccc1)NC(=O)OCCO[Si](C)(C)C(C)(C)C. The highest BCUT2D eigenvalue weighted by atomic mass is 28.4. The van der Waals surface area contributed by atoms with Crippen LogP contribution in [0.2, 0.25) is 36.3 Å². The molecule has 0 unspecified atom stereocenters. The maximum atomic E-state index is 12.9. The maximum Gasteiger partial charge on any atom is 0.407 e. The van der Waals surface area contributed by atoms with Gasteiger partial charge in [0.15, 0.2) is 16.6 Å². The van der Waals surface area contributed by atoms with Crippen LogP contribution in [-0.2, 0) is 31.2 Å². The van der Waals surface area contributed by atoms with Crippen molar-refractivity contribution in [3.05, 3.63) is 71.8 Å². The third-order valence-corrected chi connectivity index (χ3v) is 18.5. The Balaban J connectivity index is 2.08. The van der Waals surface area contributed by atoms with E-state index in [1.165, 1.54) is 0 Å². The van der Waals surface area contributed by atoms with E-state index in [-0.39, 0.29) is 29.7 Å². The van der Waals surface area contributed by atoms with E-state index in [0.29, 0.717) is 26.1 Å². The Morgan fingerprint density at radius 1 is 0.660 bits per heavy atom. The molecule has 0 aromatic heterocycles. The van der Waals surface area contributed by atoms with Crippen molar-refractivity contribution in [1.82, 2.24) is 10.6 Å². The molecule has 0 spiro atoms. The summed E-state index contributed by atoms with van der Waals surface area (Å²) in [4.78, 5) is 25.8. The molecule has 0 aliphatic rings. The van der Waals surface area contributed by atoms with Crippen LogP contribution in [0.1, 0.15) is 59.1 Å². The van der Waals surface area contributed by atoms with Crippen LogP contribution in [0.5, 0.6) is 0 Å². The molecule has 2 aromatic carbocycles. The lowest BCUT2D eigenvalue weighted by molar-refractivity contribution is 0.0817. The number of carbonyl (C=O) groups excluding carboxylic acids is 2. The average Bonchev–Trinajstić information content (AvgIpc) is 2.97. The van der Waals surface area contributed by atoms with Gasteiger partial charge in [-0.1, -0.05) is 102 Å². The van der Waals surface area contributed by atoms with Crippen LogP contribution in [0, 0.1) is 0 Å².